The van der Waals surface area contributed by atoms with Crippen LogP contribution in [0.25, 0.3) is 0 Å². The molecule has 1 aromatic rings. The number of halogens is 1. The lowest BCUT2D eigenvalue weighted by Gasteiger charge is -2.41. The first-order chi connectivity index (χ1) is 27.1. The fourth-order valence-electron chi connectivity index (χ4n) is 8.84. The Morgan fingerprint density at radius 2 is 1.59 bits per heavy atom. The summed E-state index contributed by atoms with van der Waals surface area (Å²) in [5.74, 6) is -2.21. The second kappa shape index (κ2) is 21.5. The number of ketones is 1. The van der Waals surface area contributed by atoms with Gasteiger partial charge in [-0.15, -0.1) is 0 Å². The number of fused-ring (bicyclic) bond motifs is 1. The van der Waals surface area contributed by atoms with Crippen LogP contribution in [-0.4, -0.2) is 116 Å². The van der Waals surface area contributed by atoms with E-state index < -0.39 is 53.6 Å². The zero-order valence-electron chi connectivity index (χ0n) is 37.6. The Morgan fingerprint density at radius 3 is 2.10 bits per heavy atom. The van der Waals surface area contributed by atoms with Crippen molar-refractivity contribution < 1.29 is 38.2 Å². The lowest BCUT2D eigenvalue weighted by molar-refractivity contribution is -0.159. The SMILES string of the molecule is CC[C@H](C)[C@@H]([C@@H](CC(=O)N1[C@H]2C[C@H]2C[C@H]1[C@H](OC)[C@@H](C)C(=O)N[C@@H](Cc1ccccc1Cl)C(=O)OC(C)(C)C)OC)N(C)C(=O)[C@@H](CC(=O)[C@@H](NC)C(C)C)C(C)C. The van der Waals surface area contributed by atoms with E-state index in [9.17, 15) is 24.0 Å². The molecule has 0 aromatic heterocycles. The summed E-state index contributed by atoms with van der Waals surface area (Å²) in [7, 11) is 6.65. The van der Waals surface area contributed by atoms with Gasteiger partial charge in [0, 0.05) is 51.1 Å². The number of esters is 1. The zero-order chi connectivity index (χ0) is 43.8. The molecule has 328 valence electrons. The molecule has 12 nitrogen and oxygen atoms in total. The summed E-state index contributed by atoms with van der Waals surface area (Å²) < 4.78 is 17.8. The van der Waals surface area contributed by atoms with Crippen molar-refractivity contribution in [3.05, 3.63) is 34.9 Å². The first-order valence-electron chi connectivity index (χ1n) is 21.2. The van der Waals surface area contributed by atoms with Crippen LogP contribution < -0.4 is 10.6 Å². The van der Waals surface area contributed by atoms with Gasteiger partial charge in [-0.3, -0.25) is 19.2 Å². The van der Waals surface area contributed by atoms with Gasteiger partial charge in [0.05, 0.1) is 42.7 Å². The van der Waals surface area contributed by atoms with Gasteiger partial charge >= 0.3 is 5.97 Å². The van der Waals surface area contributed by atoms with Gasteiger partial charge in [0.2, 0.25) is 17.7 Å². The first kappa shape index (κ1) is 49.3. The van der Waals surface area contributed by atoms with E-state index in [4.69, 9.17) is 25.8 Å². The number of Topliss-reactive ketones (excluding diaryl/α,β-unsaturated/α-hetero) is 1. The number of nitrogens with zero attached hydrogens (tertiary/aromatic N) is 2. The van der Waals surface area contributed by atoms with Crippen LogP contribution in [0.5, 0.6) is 0 Å². The number of piperidine rings is 1. The Kier molecular flexibility index (Phi) is 18.2. The zero-order valence-corrected chi connectivity index (χ0v) is 38.4. The normalized spacial score (nSPS) is 21.9. The number of likely N-dealkylation sites (N-methyl/N-ethyl adjacent to an activating group) is 2. The molecule has 2 N–H and O–H groups in total. The lowest BCUT2D eigenvalue weighted by atomic mass is 9.84. The predicted octanol–water partition coefficient (Wildman–Crippen LogP) is 6.10. The molecule has 13 heteroatoms. The molecule has 1 saturated carbocycles. The van der Waals surface area contributed by atoms with E-state index in [-0.39, 0.29) is 72.7 Å². The minimum absolute atomic E-state index is 0.00660. The minimum Gasteiger partial charge on any atom is -0.458 e. The molecule has 0 unspecified atom stereocenters. The van der Waals surface area contributed by atoms with Crippen LogP contribution in [0.4, 0.5) is 0 Å². The molecule has 58 heavy (non-hydrogen) atoms. The molecule has 0 bridgehead atoms. The number of carbonyl (C=O) groups excluding carboxylic acids is 5. The summed E-state index contributed by atoms with van der Waals surface area (Å²) in [6.45, 7) is 19.1. The third kappa shape index (κ3) is 12.5. The van der Waals surface area contributed by atoms with Crippen molar-refractivity contribution in [3.8, 4) is 0 Å². The van der Waals surface area contributed by atoms with Gasteiger partial charge in [-0.2, -0.15) is 0 Å². The molecule has 1 heterocycles. The Hall–Kier alpha value is -3.06. The smallest absolute Gasteiger partial charge is 0.329 e. The van der Waals surface area contributed by atoms with E-state index in [1.54, 1.807) is 73.0 Å². The summed E-state index contributed by atoms with van der Waals surface area (Å²) in [6.07, 6.45) is 1.29. The molecule has 0 spiro atoms. The van der Waals surface area contributed by atoms with E-state index >= 15 is 0 Å². The number of ether oxygens (including phenoxy) is 3. The number of carbonyl (C=O) groups is 5. The number of rotatable bonds is 22. The van der Waals surface area contributed by atoms with E-state index in [1.807, 2.05) is 44.7 Å². The number of nitrogens with one attached hydrogen (secondary N) is 2. The van der Waals surface area contributed by atoms with E-state index in [2.05, 4.69) is 24.5 Å². The highest BCUT2D eigenvalue weighted by Crippen LogP contribution is 2.50. The molecule has 1 aromatic carbocycles. The topological polar surface area (TPSA) is 144 Å². The number of hydrogen-bond donors (Lipinski definition) is 2. The number of methoxy groups -OCH3 is 2. The molecule has 3 amide bonds. The van der Waals surface area contributed by atoms with Gasteiger partial charge in [0.1, 0.15) is 11.6 Å². The van der Waals surface area contributed by atoms with E-state index in [1.165, 1.54) is 0 Å². The van der Waals surface area contributed by atoms with Crippen LogP contribution >= 0.6 is 11.6 Å². The summed E-state index contributed by atoms with van der Waals surface area (Å²) in [6, 6.07) is 5.02. The number of amides is 3. The molecule has 2 fully saturated rings. The lowest BCUT2D eigenvalue weighted by Crippen LogP contribution is -2.55. The van der Waals surface area contributed by atoms with Gasteiger partial charge in [0.15, 0.2) is 5.78 Å². The Balaban J connectivity index is 1.84. The van der Waals surface area contributed by atoms with Crippen molar-refractivity contribution >= 4 is 41.1 Å². The summed E-state index contributed by atoms with van der Waals surface area (Å²) in [5.41, 5.74) is -0.0803. The summed E-state index contributed by atoms with van der Waals surface area (Å²) >= 11 is 6.46. The summed E-state index contributed by atoms with van der Waals surface area (Å²) in [4.78, 5) is 73.3. The maximum absolute atomic E-state index is 14.5. The fourth-order valence-corrected chi connectivity index (χ4v) is 9.05. The van der Waals surface area contributed by atoms with Crippen molar-refractivity contribution in [2.75, 3.05) is 28.3 Å². The highest BCUT2D eigenvalue weighted by molar-refractivity contribution is 6.31. The minimum atomic E-state index is -1.01. The van der Waals surface area contributed by atoms with Gasteiger partial charge in [0.25, 0.3) is 0 Å². The first-order valence-corrected chi connectivity index (χ1v) is 21.6. The standard InChI is InChI=1S/C45H73ClN4O8/c1-15-27(6)40(49(12)43(54)31(25(2)3)23-36(51)39(47-11)26(4)5)37(56-13)24-38(52)50-34-21-30(34)22-35(50)41(57-14)28(7)42(53)48-33(44(55)58-45(8,9)10)20-29-18-16-17-19-32(29)46/h16-19,25-28,30-31,33-35,37,39-41,47H,15,20-24H2,1-14H3,(H,48,53)/t27-,28+,30-,31-,33-,34-,35-,37+,39-,40-,41+/m0/s1. The molecule has 2 aliphatic rings. The van der Waals surface area contributed by atoms with Crippen molar-refractivity contribution in [2.45, 2.75) is 156 Å². The highest BCUT2D eigenvalue weighted by atomic mass is 35.5. The van der Waals surface area contributed by atoms with Crippen LogP contribution in [0.1, 0.15) is 107 Å². The fraction of sp³-hybridized carbons (Fsp3) is 0.756. The molecule has 3 rings (SSSR count). The van der Waals surface area contributed by atoms with Crippen LogP contribution in [0.3, 0.4) is 0 Å². The summed E-state index contributed by atoms with van der Waals surface area (Å²) in [5, 5.41) is 6.52. The van der Waals surface area contributed by atoms with Gasteiger partial charge in [-0.05, 0) is 76.0 Å². The molecule has 1 aliphatic carbocycles. The van der Waals surface area contributed by atoms with E-state index in [0.29, 0.717) is 22.9 Å². The number of likely N-dealkylation sites (tertiary alicyclic amines) is 1. The van der Waals surface area contributed by atoms with Crippen LogP contribution in [0.15, 0.2) is 24.3 Å². The number of hydrogen-bond acceptors (Lipinski definition) is 9. The molecule has 1 aliphatic heterocycles. The Labute approximate surface area is 353 Å². The second-order valence-corrected chi connectivity index (χ2v) is 18.8. The van der Waals surface area contributed by atoms with Crippen LogP contribution in [0.2, 0.25) is 5.02 Å². The maximum Gasteiger partial charge on any atom is 0.329 e. The molecular weight excluding hydrogens is 760 g/mol. The highest BCUT2D eigenvalue weighted by Gasteiger charge is 2.57. The van der Waals surface area contributed by atoms with Gasteiger partial charge in [-0.25, -0.2) is 4.79 Å². The largest absolute Gasteiger partial charge is 0.458 e. The van der Waals surface area contributed by atoms with Crippen molar-refractivity contribution in [2.24, 2.45) is 35.5 Å². The monoisotopic (exact) mass is 833 g/mol. The third-order valence-electron chi connectivity index (χ3n) is 12.3. The number of benzene rings is 1. The molecule has 11 atom stereocenters. The van der Waals surface area contributed by atoms with Crippen molar-refractivity contribution in [1.29, 1.82) is 0 Å². The molecular formula is C45H73ClN4O8. The quantitative estimate of drug-likeness (QED) is 0.133. The van der Waals surface area contributed by atoms with Crippen molar-refractivity contribution in [1.82, 2.24) is 20.4 Å². The van der Waals surface area contributed by atoms with Gasteiger partial charge < -0.3 is 34.6 Å². The van der Waals surface area contributed by atoms with Crippen LogP contribution in [0, 0.1) is 35.5 Å². The Bertz CT molecular complexity index is 1560. The average Bonchev–Trinajstić information content (AvgIpc) is 3.81. The van der Waals surface area contributed by atoms with Crippen molar-refractivity contribution in [3.63, 3.8) is 0 Å². The Morgan fingerprint density at radius 1 is 0.948 bits per heavy atom. The maximum atomic E-state index is 14.5. The molecule has 1 saturated heterocycles. The predicted molar refractivity (Wildman–Crippen MR) is 227 cm³/mol. The average molecular weight is 834 g/mol. The third-order valence-corrected chi connectivity index (χ3v) is 12.7. The second-order valence-electron chi connectivity index (χ2n) is 18.4. The molecule has 0 radical (unpaired) electrons. The van der Waals surface area contributed by atoms with E-state index in [0.717, 1.165) is 12.8 Å². The van der Waals surface area contributed by atoms with Gasteiger partial charge in [-0.1, -0.05) is 84.7 Å². The van der Waals surface area contributed by atoms with Crippen LogP contribution in [-0.2, 0) is 44.6 Å².